The highest BCUT2D eigenvalue weighted by Crippen LogP contribution is 2.25. The average molecular weight is 362 g/mol. The lowest BCUT2D eigenvalue weighted by molar-refractivity contribution is -0.133. The molecule has 0 spiro atoms. The van der Waals surface area contributed by atoms with E-state index >= 15 is 0 Å². The van der Waals surface area contributed by atoms with Crippen LogP contribution in [0.25, 0.3) is 11.1 Å². The van der Waals surface area contributed by atoms with Crippen LogP contribution in [0.1, 0.15) is 24.8 Å². The van der Waals surface area contributed by atoms with Crippen molar-refractivity contribution >= 4 is 17.5 Å². The maximum Gasteiger partial charge on any atom is 0.229 e. The van der Waals surface area contributed by atoms with E-state index in [0.717, 1.165) is 36.2 Å². The third kappa shape index (κ3) is 4.85. The summed E-state index contributed by atoms with van der Waals surface area (Å²) in [5.41, 5.74) is 4.19. The zero-order valence-corrected chi connectivity index (χ0v) is 15.8. The van der Waals surface area contributed by atoms with Gasteiger partial charge < -0.3 is 10.2 Å². The second-order valence-corrected chi connectivity index (χ2v) is 7.11. The van der Waals surface area contributed by atoms with Gasteiger partial charge in [0.05, 0.1) is 5.92 Å². The fraction of sp³-hybridized carbons (Fsp3) is 0.304. The minimum absolute atomic E-state index is 0.0208. The SMILES string of the molecule is C=CCC(=O)N1CCC[C@H](C(=O)Nc2cccc(-c3cccc(C)c3)c2)C1. The third-order valence-corrected chi connectivity index (χ3v) is 4.95. The molecule has 2 amide bonds. The molecule has 4 heteroatoms. The van der Waals surface area contributed by atoms with Crippen LogP contribution in [0, 0.1) is 12.8 Å². The van der Waals surface area contributed by atoms with Gasteiger partial charge in [0.15, 0.2) is 0 Å². The molecule has 0 saturated carbocycles. The van der Waals surface area contributed by atoms with Crippen molar-refractivity contribution in [2.75, 3.05) is 18.4 Å². The normalized spacial score (nSPS) is 16.6. The summed E-state index contributed by atoms with van der Waals surface area (Å²) in [5.74, 6) is -0.147. The predicted octanol–water partition coefficient (Wildman–Crippen LogP) is 4.42. The Hall–Kier alpha value is -2.88. The number of benzene rings is 2. The second-order valence-electron chi connectivity index (χ2n) is 7.11. The maximum absolute atomic E-state index is 12.7. The van der Waals surface area contributed by atoms with Gasteiger partial charge in [0.2, 0.25) is 11.8 Å². The lowest BCUT2D eigenvalue weighted by Crippen LogP contribution is -2.43. The number of likely N-dealkylation sites (tertiary alicyclic amines) is 1. The summed E-state index contributed by atoms with van der Waals surface area (Å²) in [5, 5.41) is 3.03. The van der Waals surface area contributed by atoms with Gasteiger partial charge in [-0.2, -0.15) is 0 Å². The summed E-state index contributed by atoms with van der Waals surface area (Å²) in [6.07, 6.45) is 3.60. The molecule has 0 aromatic heterocycles. The molecule has 0 bridgehead atoms. The molecule has 2 aromatic carbocycles. The number of piperidine rings is 1. The summed E-state index contributed by atoms with van der Waals surface area (Å²) < 4.78 is 0. The second kappa shape index (κ2) is 8.67. The van der Waals surface area contributed by atoms with Gasteiger partial charge in [0.1, 0.15) is 0 Å². The molecular formula is C23H26N2O2. The van der Waals surface area contributed by atoms with Crippen molar-refractivity contribution < 1.29 is 9.59 Å². The molecule has 27 heavy (non-hydrogen) atoms. The number of carbonyl (C=O) groups excluding carboxylic acids is 2. The van der Waals surface area contributed by atoms with E-state index in [9.17, 15) is 9.59 Å². The van der Waals surface area contributed by atoms with Crippen molar-refractivity contribution in [3.8, 4) is 11.1 Å². The van der Waals surface area contributed by atoms with Gasteiger partial charge in [-0.3, -0.25) is 9.59 Å². The molecule has 0 aliphatic carbocycles. The monoisotopic (exact) mass is 362 g/mol. The van der Waals surface area contributed by atoms with E-state index in [-0.39, 0.29) is 17.7 Å². The van der Waals surface area contributed by atoms with Crippen LogP contribution in [-0.4, -0.2) is 29.8 Å². The number of nitrogens with zero attached hydrogens (tertiary/aromatic N) is 1. The number of anilines is 1. The first-order valence-corrected chi connectivity index (χ1v) is 9.43. The average Bonchev–Trinajstić information content (AvgIpc) is 2.68. The van der Waals surface area contributed by atoms with Gasteiger partial charge in [-0.25, -0.2) is 0 Å². The topological polar surface area (TPSA) is 49.4 Å². The Morgan fingerprint density at radius 1 is 1.19 bits per heavy atom. The number of hydrogen-bond acceptors (Lipinski definition) is 2. The lowest BCUT2D eigenvalue weighted by atomic mass is 9.96. The third-order valence-electron chi connectivity index (χ3n) is 4.95. The Labute approximate surface area is 160 Å². The van der Waals surface area contributed by atoms with Gasteiger partial charge in [0, 0.05) is 25.2 Å². The highest BCUT2D eigenvalue weighted by Gasteiger charge is 2.27. The summed E-state index contributed by atoms with van der Waals surface area (Å²) in [6, 6.07) is 16.2. The Morgan fingerprint density at radius 3 is 2.67 bits per heavy atom. The molecule has 4 nitrogen and oxygen atoms in total. The summed E-state index contributed by atoms with van der Waals surface area (Å²) in [6.45, 7) is 6.89. The van der Waals surface area contributed by atoms with E-state index in [1.807, 2.05) is 30.3 Å². The number of carbonyl (C=O) groups is 2. The van der Waals surface area contributed by atoms with Crippen molar-refractivity contribution in [1.82, 2.24) is 4.90 Å². The van der Waals surface area contributed by atoms with Crippen LogP contribution >= 0.6 is 0 Å². The summed E-state index contributed by atoms with van der Waals surface area (Å²) in [7, 11) is 0. The molecule has 1 heterocycles. The lowest BCUT2D eigenvalue weighted by Gasteiger charge is -2.32. The summed E-state index contributed by atoms with van der Waals surface area (Å²) in [4.78, 5) is 26.6. The predicted molar refractivity (Wildman–Crippen MR) is 109 cm³/mol. The molecular weight excluding hydrogens is 336 g/mol. The smallest absolute Gasteiger partial charge is 0.229 e. The Balaban J connectivity index is 1.68. The van der Waals surface area contributed by atoms with Crippen molar-refractivity contribution in [3.05, 3.63) is 66.7 Å². The number of amides is 2. The molecule has 1 atom stereocenters. The van der Waals surface area contributed by atoms with Crippen molar-refractivity contribution in [2.45, 2.75) is 26.2 Å². The fourth-order valence-electron chi connectivity index (χ4n) is 3.52. The van der Waals surface area contributed by atoms with Gasteiger partial charge >= 0.3 is 0 Å². The zero-order chi connectivity index (χ0) is 19.2. The van der Waals surface area contributed by atoms with E-state index in [0.29, 0.717) is 13.0 Å². The first-order valence-electron chi connectivity index (χ1n) is 9.43. The van der Waals surface area contributed by atoms with Gasteiger partial charge in [-0.05, 0) is 43.0 Å². The number of aryl methyl sites for hydroxylation is 1. The van der Waals surface area contributed by atoms with E-state index < -0.39 is 0 Å². The van der Waals surface area contributed by atoms with Gasteiger partial charge in [-0.15, -0.1) is 6.58 Å². The number of nitrogens with one attached hydrogen (secondary N) is 1. The molecule has 140 valence electrons. The Kier molecular flexibility index (Phi) is 6.07. The van der Waals surface area contributed by atoms with E-state index in [1.54, 1.807) is 11.0 Å². The van der Waals surface area contributed by atoms with Crippen LogP contribution < -0.4 is 5.32 Å². The fourth-order valence-corrected chi connectivity index (χ4v) is 3.52. The highest BCUT2D eigenvalue weighted by molar-refractivity contribution is 5.94. The van der Waals surface area contributed by atoms with E-state index in [1.165, 1.54) is 5.56 Å². The van der Waals surface area contributed by atoms with E-state index in [4.69, 9.17) is 0 Å². The zero-order valence-electron chi connectivity index (χ0n) is 15.8. The van der Waals surface area contributed by atoms with Crippen LogP contribution in [0.2, 0.25) is 0 Å². The molecule has 1 aliphatic heterocycles. The van der Waals surface area contributed by atoms with Gasteiger partial charge in [0.25, 0.3) is 0 Å². The molecule has 1 saturated heterocycles. The van der Waals surface area contributed by atoms with Gasteiger partial charge in [-0.1, -0.05) is 48.0 Å². The van der Waals surface area contributed by atoms with Crippen LogP contribution in [-0.2, 0) is 9.59 Å². The largest absolute Gasteiger partial charge is 0.342 e. The quantitative estimate of drug-likeness (QED) is 0.801. The van der Waals surface area contributed by atoms with Crippen LogP contribution in [0.3, 0.4) is 0 Å². The minimum Gasteiger partial charge on any atom is -0.342 e. The Bertz CT molecular complexity index is 844. The van der Waals surface area contributed by atoms with Crippen molar-refractivity contribution in [3.63, 3.8) is 0 Å². The first kappa shape index (κ1) is 18.9. The Morgan fingerprint density at radius 2 is 1.93 bits per heavy atom. The standard InChI is InChI=1S/C23H26N2O2/c1-3-7-22(26)25-13-6-11-20(16-25)23(27)24-21-12-5-10-19(15-21)18-9-4-8-17(2)14-18/h3-5,8-10,12,14-15,20H,1,6-7,11,13,16H2,2H3,(H,24,27)/t20-/m0/s1. The van der Waals surface area contributed by atoms with E-state index in [2.05, 4.69) is 37.0 Å². The van der Waals surface area contributed by atoms with Crippen LogP contribution in [0.15, 0.2) is 61.2 Å². The van der Waals surface area contributed by atoms with Crippen LogP contribution in [0.4, 0.5) is 5.69 Å². The molecule has 1 aliphatic rings. The maximum atomic E-state index is 12.7. The molecule has 0 unspecified atom stereocenters. The highest BCUT2D eigenvalue weighted by atomic mass is 16.2. The molecule has 1 N–H and O–H groups in total. The molecule has 1 fully saturated rings. The number of hydrogen-bond donors (Lipinski definition) is 1. The van der Waals surface area contributed by atoms with Crippen molar-refractivity contribution in [2.24, 2.45) is 5.92 Å². The molecule has 0 radical (unpaired) electrons. The first-order chi connectivity index (χ1) is 13.1. The molecule has 2 aromatic rings. The van der Waals surface area contributed by atoms with Crippen LogP contribution in [0.5, 0.6) is 0 Å². The number of rotatable bonds is 5. The van der Waals surface area contributed by atoms with Crippen molar-refractivity contribution in [1.29, 1.82) is 0 Å². The summed E-state index contributed by atoms with van der Waals surface area (Å²) >= 11 is 0. The molecule has 3 rings (SSSR count). The minimum atomic E-state index is -0.171.